The van der Waals surface area contributed by atoms with Crippen LogP contribution in [0.3, 0.4) is 0 Å². The average Bonchev–Trinajstić information content (AvgIpc) is 2.62. The van der Waals surface area contributed by atoms with E-state index in [0.717, 1.165) is 0 Å². The van der Waals surface area contributed by atoms with E-state index >= 15 is 0 Å². The minimum absolute atomic E-state index is 0.0670. The topological polar surface area (TPSA) is 98.2 Å². The number of thiophene rings is 1. The number of primary amides is 1. The summed E-state index contributed by atoms with van der Waals surface area (Å²) >= 11 is 1.21. The standard InChI is InChI=1S/C13H21N3O2S/c1-6(2)5-16-13-8(12(15)18)9(14)11(19-13)10(17)7(3)4/h6-7,16H,5,14H2,1-4H3,(H2,15,18). The van der Waals surface area contributed by atoms with Gasteiger partial charge in [0.2, 0.25) is 0 Å². The Morgan fingerprint density at radius 2 is 1.84 bits per heavy atom. The smallest absolute Gasteiger partial charge is 0.253 e. The molecule has 0 fully saturated rings. The van der Waals surface area contributed by atoms with Gasteiger partial charge in [0.1, 0.15) is 5.00 Å². The van der Waals surface area contributed by atoms with Crippen LogP contribution in [-0.2, 0) is 0 Å². The maximum absolute atomic E-state index is 12.0. The van der Waals surface area contributed by atoms with Crippen molar-refractivity contribution in [2.75, 3.05) is 17.6 Å². The van der Waals surface area contributed by atoms with Gasteiger partial charge in [0.15, 0.2) is 5.78 Å². The Bertz CT molecular complexity index is 492. The lowest BCUT2D eigenvalue weighted by Crippen LogP contribution is -2.16. The zero-order chi connectivity index (χ0) is 14.7. The highest BCUT2D eigenvalue weighted by molar-refractivity contribution is 7.19. The molecule has 5 nitrogen and oxygen atoms in total. The molecule has 1 heterocycles. The first-order valence-corrected chi connectivity index (χ1v) is 7.07. The van der Waals surface area contributed by atoms with Crippen LogP contribution >= 0.6 is 11.3 Å². The summed E-state index contributed by atoms with van der Waals surface area (Å²) in [6.07, 6.45) is 0. The van der Waals surface area contributed by atoms with Crippen LogP contribution in [0.25, 0.3) is 0 Å². The molecule has 0 atom stereocenters. The first kappa shape index (κ1) is 15.5. The second-order valence-electron chi connectivity index (χ2n) is 5.21. The average molecular weight is 283 g/mol. The van der Waals surface area contributed by atoms with Gasteiger partial charge >= 0.3 is 0 Å². The quantitative estimate of drug-likeness (QED) is 0.698. The van der Waals surface area contributed by atoms with Gasteiger partial charge in [-0.15, -0.1) is 11.3 Å². The van der Waals surface area contributed by atoms with E-state index in [1.165, 1.54) is 11.3 Å². The summed E-state index contributed by atoms with van der Waals surface area (Å²) in [5.74, 6) is -0.432. The van der Waals surface area contributed by atoms with E-state index in [1.807, 2.05) is 13.8 Å². The minimum Gasteiger partial charge on any atom is -0.397 e. The highest BCUT2D eigenvalue weighted by atomic mass is 32.1. The molecule has 0 aliphatic rings. The normalized spacial score (nSPS) is 11.1. The highest BCUT2D eigenvalue weighted by Crippen LogP contribution is 2.36. The molecule has 0 aliphatic carbocycles. The van der Waals surface area contributed by atoms with Gasteiger partial charge in [-0.3, -0.25) is 9.59 Å². The molecule has 0 spiro atoms. The molecular weight excluding hydrogens is 262 g/mol. The maximum atomic E-state index is 12.0. The summed E-state index contributed by atoms with van der Waals surface area (Å²) in [6, 6.07) is 0. The van der Waals surface area contributed by atoms with Crippen LogP contribution in [0.15, 0.2) is 0 Å². The van der Waals surface area contributed by atoms with Crippen molar-refractivity contribution in [3.05, 3.63) is 10.4 Å². The summed E-state index contributed by atoms with van der Waals surface area (Å²) in [7, 11) is 0. The van der Waals surface area contributed by atoms with Crippen molar-refractivity contribution in [2.24, 2.45) is 17.6 Å². The summed E-state index contributed by atoms with van der Waals surface area (Å²) < 4.78 is 0. The van der Waals surface area contributed by atoms with Gasteiger partial charge in [0, 0.05) is 12.5 Å². The number of hydrogen-bond donors (Lipinski definition) is 3. The minimum atomic E-state index is -0.609. The number of nitrogens with one attached hydrogen (secondary N) is 1. The Kier molecular flexibility index (Phi) is 4.94. The van der Waals surface area contributed by atoms with Crippen LogP contribution in [0.2, 0.25) is 0 Å². The molecule has 1 aromatic rings. The summed E-state index contributed by atoms with van der Waals surface area (Å²) in [5, 5.41) is 3.72. The molecule has 1 amide bonds. The number of nitrogens with two attached hydrogens (primary N) is 2. The fourth-order valence-corrected chi connectivity index (χ4v) is 2.78. The van der Waals surface area contributed by atoms with Crippen LogP contribution in [0.1, 0.15) is 47.7 Å². The first-order valence-electron chi connectivity index (χ1n) is 6.25. The van der Waals surface area contributed by atoms with Crippen molar-refractivity contribution in [1.82, 2.24) is 0 Å². The lowest BCUT2D eigenvalue weighted by molar-refractivity contribution is 0.0944. The van der Waals surface area contributed by atoms with E-state index in [4.69, 9.17) is 11.5 Å². The second-order valence-corrected chi connectivity index (χ2v) is 6.23. The predicted octanol–water partition coefficient (Wildman–Crippen LogP) is 2.34. The van der Waals surface area contributed by atoms with Crippen LogP contribution in [0, 0.1) is 11.8 Å². The number of hydrogen-bond acceptors (Lipinski definition) is 5. The van der Waals surface area contributed by atoms with Crippen LogP contribution in [-0.4, -0.2) is 18.2 Å². The molecule has 0 unspecified atom stereocenters. The third-order valence-electron chi connectivity index (χ3n) is 2.61. The summed E-state index contributed by atoms with van der Waals surface area (Å²) in [4.78, 5) is 23.9. The summed E-state index contributed by atoms with van der Waals surface area (Å²) in [5.41, 5.74) is 11.7. The van der Waals surface area contributed by atoms with Gasteiger partial charge < -0.3 is 16.8 Å². The Balaban J connectivity index is 3.20. The third-order valence-corrected chi connectivity index (χ3v) is 3.79. The van der Waals surface area contributed by atoms with Crippen LogP contribution < -0.4 is 16.8 Å². The van der Waals surface area contributed by atoms with Gasteiger partial charge in [-0.05, 0) is 5.92 Å². The number of rotatable bonds is 6. The van der Waals surface area contributed by atoms with Crippen molar-refractivity contribution in [3.63, 3.8) is 0 Å². The van der Waals surface area contributed by atoms with Gasteiger partial charge in [-0.1, -0.05) is 27.7 Å². The van der Waals surface area contributed by atoms with Gasteiger partial charge in [-0.25, -0.2) is 0 Å². The molecule has 1 aromatic heterocycles. The summed E-state index contributed by atoms with van der Waals surface area (Å²) in [6.45, 7) is 8.39. The number of nitrogen functional groups attached to an aromatic ring is 1. The molecule has 0 aliphatic heterocycles. The molecule has 19 heavy (non-hydrogen) atoms. The van der Waals surface area contributed by atoms with E-state index in [-0.39, 0.29) is 23.0 Å². The van der Waals surface area contributed by atoms with Crippen molar-refractivity contribution in [2.45, 2.75) is 27.7 Å². The van der Waals surface area contributed by atoms with Gasteiger partial charge in [0.25, 0.3) is 5.91 Å². The van der Waals surface area contributed by atoms with Crippen LogP contribution in [0.4, 0.5) is 10.7 Å². The highest BCUT2D eigenvalue weighted by Gasteiger charge is 2.25. The van der Waals surface area contributed by atoms with E-state index in [2.05, 4.69) is 5.32 Å². The lowest BCUT2D eigenvalue weighted by Gasteiger charge is -2.07. The Hall–Kier alpha value is -1.56. The fraction of sp³-hybridized carbons (Fsp3) is 0.538. The Labute approximate surface area is 117 Å². The number of carbonyl (C=O) groups excluding carboxylic acids is 2. The van der Waals surface area contributed by atoms with Crippen molar-refractivity contribution in [3.8, 4) is 0 Å². The predicted molar refractivity (Wildman–Crippen MR) is 79.7 cm³/mol. The van der Waals surface area contributed by atoms with Gasteiger partial charge in [0.05, 0.1) is 16.1 Å². The lowest BCUT2D eigenvalue weighted by atomic mass is 10.1. The molecule has 0 radical (unpaired) electrons. The second kappa shape index (κ2) is 6.06. The third kappa shape index (κ3) is 3.47. The largest absolute Gasteiger partial charge is 0.397 e. The monoisotopic (exact) mass is 283 g/mol. The molecule has 5 N–H and O–H groups in total. The Morgan fingerprint density at radius 3 is 2.26 bits per heavy atom. The zero-order valence-corrected chi connectivity index (χ0v) is 12.6. The van der Waals surface area contributed by atoms with E-state index < -0.39 is 5.91 Å². The van der Waals surface area contributed by atoms with E-state index in [0.29, 0.717) is 22.3 Å². The molecule has 0 saturated heterocycles. The number of ketones is 1. The van der Waals surface area contributed by atoms with Crippen molar-refractivity contribution in [1.29, 1.82) is 0 Å². The molecule has 1 rings (SSSR count). The van der Waals surface area contributed by atoms with Crippen LogP contribution in [0.5, 0.6) is 0 Å². The van der Waals surface area contributed by atoms with Crippen molar-refractivity contribution >= 4 is 33.7 Å². The van der Waals surface area contributed by atoms with E-state index in [1.54, 1.807) is 13.8 Å². The Morgan fingerprint density at radius 1 is 1.26 bits per heavy atom. The number of anilines is 2. The number of amides is 1. The van der Waals surface area contributed by atoms with Crippen molar-refractivity contribution < 1.29 is 9.59 Å². The number of carbonyl (C=O) groups is 2. The molecule has 0 bridgehead atoms. The SMILES string of the molecule is CC(C)CNc1sc(C(=O)C(C)C)c(N)c1C(N)=O. The molecule has 0 saturated carbocycles. The number of Topliss-reactive ketones (excluding diaryl/α,β-unsaturated/α-hetero) is 1. The van der Waals surface area contributed by atoms with Gasteiger partial charge in [-0.2, -0.15) is 0 Å². The fourth-order valence-electron chi connectivity index (χ4n) is 1.56. The molecular formula is C13H21N3O2S. The maximum Gasteiger partial charge on any atom is 0.253 e. The molecule has 6 heteroatoms. The molecule has 106 valence electrons. The zero-order valence-electron chi connectivity index (χ0n) is 11.7. The first-order chi connectivity index (χ1) is 8.75. The van der Waals surface area contributed by atoms with E-state index in [9.17, 15) is 9.59 Å². The molecule has 0 aromatic carbocycles.